The van der Waals surface area contributed by atoms with E-state index < -0.39 is 8.83 Å². The molecule has 0 aromatic rings. The molecule has 0 amide bonds. The Bertz CT molecular complexity index is 287. The maximum absolute atomic E-state index is 11.9. The number of alkyl halides is 2. The molecular weight excluding hydrogens is 350 g/mol. The number of hydrogen-bond donors (Lipinski definition) is 1. The highest BCUT2D eigenvalue weighted by atomic mass is 79.9. The van der Waals surface area contributed by atoms with Crippen molar-refractivity contribution in [3.8, 4) is 0 Å². The van der Waals surface area contributed by atoms with E-state index in [-0.39, 0.29) is 5.97 Å². The molecule has 17 heavy (non-hydrogen) atoms. The Morgan fingerprint density at radius 1 is 1.35 bits per heavy atom. The van der Waals surface area contributed by atoms with Gasteiger partial charge in [0.1, 0.15) is 5.60 Å². The first-order chi connectivity index (χ1) is 7.64. The summed E-state index contributed by atoms with van der Waals surface area (Å²) >= 11 is 6.54. The zero-order valence-electron chi connectivity index (χ0n) is 10.9. The van der Waals surface area contributed by atoms with Gasteiger partial charge in [0.15, 0.2) is 3.23 Å². The summed E-state index contributed by atoms with van der Waals surface area (Å²) < 4.78 is 4.88. The van der Waals surface area contributed by atoms with Gasteiger partial charge in [-0.15, -0.1) is 0 Å². The van der Waals surface area contributed by atoms with Crippen LogP contribution in [-0.2, 0) is 9.53 Å². The molecule has 0 saturated carbocycles. The number of quaternary nitrogens is 1. The smallest absolute Gasteiger partial charge is 0.334 e. The van der Waals surface area contributed by atoms with Crippen molar-refractivity contribution in [3.05, 3.63) is 0 Å². The summed E-state index contributed by atoms with van der Waals surface area (Å²) in [5.41, 5.74) is -0.409. The number of piperidine rings is 1. The third-order valence-corrected chi connectivity index (χ3v) is 4.16. The second-order valence-electron chi connectivity index (χ2n) is 5.57. The lowest BCUT2D eigenvalue weighted by Crippen LogP contribution is -2.88. The Kier molecular flexibility index (Phi) is 5.07. The van der Waals surface area contributed by atoms with Gasteiger partial charge >= 0.3 is 5.97 Å². The molecule has 5 heteroatoms. The van der Waals surface area contributed by atoms with Crippen LogP contribution >= 0.6 is 31.9 Å². The minimum Gasteiger partial charge on any atom is -0.458 e. The predicted molar refractivity (Wildman–Crippen MR) is 75.4 cm³/mol. The Morgan fingerprint density at radius 3 is 2.41 bits per heavy atom. The lowest BCUT2D eigenvalue weighted by molar-refractivity contribution is -0.672. The first-order valence-electron chi connectivity index (χ1n) is 6.07. The van der Waals surface area contributed by atoms with Crippen LogP contribution in [0.2, 0.25) is 0 Å². The van der Waals surface area contributed by atoms with Crippen LogP contribution in [0.3, 0.4) is 0 Å². The largest absolute Gasteiger partial charge is 0.458 e. The average Bonchev–Trinajstić information content (AvgIpc) is 2.15. The quantitative estimate of drug-likeness (QED) is 0.609. The van der Waals surface area contributed by atoms with Crippen LogP contribution in [0.1, 0.15) is 34.1 Å². The van der Waals surface area contributed by atoms with Crippen molar-refractivity contribution in [2.75, 3.05) is 13.1 Å². The van der Waals surface area contributed by atoms with Crippen molar-refractivity contribution in [2.45, 2.75) is 43.0 Å². The molecule has 1 saturated heterocycles. The van der Waals surface area contributed by atoms with Gasteiger partial charge in [0.25, 0.3) is 0 Å². The molecule has 0 spiro atoms. The fraction of sp³-hybridized carbons (Fsp3) is 0.917. The van der Waals surface area contributed by atoms with Crippen LogP contribution in [-0.4, -0.2) is 27.9 Å². The van der Waals surface area contributed by atoms with E-state index in [0.29, 0.717) is 11.8 Å². The van der Waals surface area contributed by atoms with Crippen molar-refractivity contribution in [1.29, 1.82) is 0 Å². The van der Waals surface area contributed by atoms with E-state index in [2.05, 4.69) is 44.1 Å². The summed E-state index contributed by atoms with van der Waals surface area (Å²) in [5, 5.41) is 2.33. The summed E-state index contributed by atoms with van der Waals surface area (Å²) in [6.45, 7) is 10.2. The zero-order valence-corrected chi connectivity index (χ0v) is 14.1. The highest BCUT2D eigenvalue weighted by Crippen LogP contribution is 2.35. The van der Waals surface area contributed by atoms with Crippen LogP contribution in [0, 0.1) is 11.8 Å². The average molecular weight is 372 g/mol. The predicted octanol–water partition coefficient (Wildman–Crippen LogP) is 2.03. The maximum Gasteiger partial charge on any atom is 0.334 e. The summed E-state index contributed by atoms with van der Waals surface area (Å²) in [7, 11) is 0. The summed E-state index contributed by atoms with van der Waals surface area (Å²) in [4.78, 5) is 11.9. The van der Waals surface area contributed by atoms with Crippen molar-refractivity contribution in [2.24, 2.45) is 11.8 Å². The zero-order chi connectivity index (χ0) is 13.3. The number of hydrogen-bond acceptors (Lipinski definition) is 2. The monoisotopic (exact) mass is 370 g/mol. The second kappa shape index (κ2) is 5.57. The van der Waals surface area contributed by atoms with Gasteiger partial charge in [0.2, 0.25) is 0 Å². The van der Waals surface area contributed by atoms with Crippen LogP contribution in [0.4, 0.5) is 0 Å². The van der Waals surface area contributed by atoms with Gasteiger partial charge < -0.3 is 10.1 Å². The Hall–Kier alpha value is 0.390. The first-order valence-corrected chi connectivity index (χ1v) is 7.66. The lowest BCUT2D eigenvalue weighted by Gasteiger charge is -2.40. The summed E-state index contributed by atoms with van der Waals surface area (Å²) in [6.07, 6.45) is 1.10. The molecule has 0 radical (unpaired) electrons. The summed E-state index contributed by atoms with van der Waals surface area (Å²) in [5.74, 6) is 0.742. The van der Waals surface area contributed by atoms with Crippen molar-refractivity contribution in [1.82, 2.24) is 0 Å². The number of nitrogens with two attached hydrogens (primary N) is 1. The number of ether oxygens (including phenoxy) is 1. The Morgan fingerprint density at radius 2 is 1.94 bits per heavy atom. The van der Waals surface area contributed by atoms with Crippen molar-refractivity contribution < 1.29 is 14.8 Å². The molecule has 2 N–H and O–H groups in total. The minimum atomic E-state index is -0.790. The molecule has 1 aliphatic rings. The first kappa shape index (κ1) is 15.4. The second-order valence-corrected chi connectivity index (χ2v) is 9.80. The van der Waals surface area contributed by atoms with Crippen LogP contribution < -0.4 is 5.32 Å². The fourth-order valence-electron chi connectivity index (χ4n) is 2.56. The topological polar surface area (TPSA) is 42.9 Å². The SMILES string of the molecule is CC1C[NH2+]CCC1C(C)(C)OC(=O)C(C)(Br)Br. The molecule has 2 atom stereocenters. The van der Waals surface area contributed by atoms with E-state index in [1.165, 1.54) is 0 Å². The molecule has 2 unspecified atom stereocenters. The molecule has 3 nitrogen and oxygen atoms in total. The maximum atomic E-state index is 11.9. The van der Waals surface area contributed by atoms with E-state index in [1.54, 1.807) is 6.92 Å². The molecule has 0 aromatic heterocycles. The molecule has 1 fully saturated rings. The van der Waals surface area contributed by atoms with E-state index in [9.17, 15) is 4.79 Å². The third-order valence-electron chi connectivity index (χ3n) is 3.51. The molecule has 0 aliphatic carbocycles. The van der Waals surface area contributed by atoms with Gasteiger partial charge in [-0.1, -0.05) is 38.8 Å². The molecule has 0 bridgehead atoms. The van der Waals surface area contributed by atoms with Crippen LogP contribution in [0.5, 0.6) is 0 Å². The standard InChI is InChI=1S/C12H21Br2NO2/c1-8-7-15-6-5-9(8)11(2,3)17-10(16)12(4,13)14/h8-9,15H,5-7H2,1-4H3/p+1. The van der Waals surface area contributed by atoms with Gasteiger partial charge in [-0.2, -0.15) is 0 Å². The normalized spacial score (nSPS) is 26.7. The molecular formula is C12H22Br2NO2+. The van der Waals surface area contributed by atoms with E-state index in [4.69, 9.17) is 4.74 Å². The number of halogens is 2. The van der Waals surface area contributed by atoms with Gasteiger partial charge in [-0.05, 0) is 20.8 Å². The van der Waals surface area contributed by atoms with E-state index in [1.807, 2.05) is 13.8 Å². The summed E-state index contributed by atoms with van der Waals surface area (Å²) in [6, 6.07) is 0. The van der Waals surface area contributed by atoms with E-state index in [0.717, 1.165) is 19.5 Å². The van der Waals surface area contributed by atoms with Gasteiger partial charge in [-0.25, -0.2) is 4.79 Å². The fourth-order valence-corrected chi connectivity index (χ4v) is 2.73. The van der Waals surface area contributed by atoms with Gasteiger partial charge in [0, 0.05) is 18.3 Å². The molecule has 0 aromatic carbocycles. The lowest BCUT2D eigenvalue weighted by atomic mass is 9.77. The Balaban J connectivity index is 2.70. The van der Waals surface area contributed by atoms with Crippen molar-refractivity contribution >= 4 is 37.8 Å². The molecule has 1 rings (SSSR count). The van der Waals surface area contributed by atoms with Gasteiger partial charge in [-0.3, -0.25) is 0 Å². The highest BCUT2D eigenvalue weighted by molar-refractivity contribution is 9.25. The van der Waals surface area contributed by atoms with Crippen LogP contribution in [0.25, 0.3) is 0 Å². The van der Waals surface area contributed by atoms with Crippen molar-refractivity contribution in [3.63, 3.8) is 0 Å². The van der Waals surface area contributed by atoms with Gasteiger partial charge in [0.05, 0.1) is 13.1 Å². The molecule has 1 heterocycles. The van der Waals surface area contributed by atoms with E-state index >= 15 is 0 Å². The third kappa shape index (κ3) is 4.21. The minimum absolute atomic E-state index is 0.260. The number of rotatable bonds is 3. The molecule has 1 aliphatic heterocycles. The number of carbonyl (C=O) groups is 1. The number of carbonyl (C=O) groups excluding carboxylic acids is 1. The molecule has 100 valence electrons. The van der Waals surface area contributed by atoms with Crippen LogP contribution in [0.15, 0.2) is 0 Å². The number of esters is 1. The highest BCUT2D eigenvalue weighted by Gasteiger charge is 2.42. The Labute approximate surface area is 120 Å².